The van der Waals surface area contributed by atoms with Crippen LogP contribution in [0.15, 0.2) is 55.1 Å². The van der Waals surface area contributed by atoms with Crippen molar-refractivity contribution in [3.63, 3.8) is 0 Å². The first-order chi connectivity index (χ1) is 14.7. The summed E-state index contributed by atoms with van der Waals surface area (Å²) in [5.41, 5.74) is 2.78. The second-order valence-electron chi connectivity index (χ2n) is 6.63. The monoisotopic (exact) mass is 405 g/mol. The minimum absolute atomic E-state index is 0.484. The van der Waals surface area contributed by atoms with Crippen LogP contribution in [0, 0.1) is 0 Å². The number of hydrogen-bond donors (Lipinski definition) is 1. The summed E-state index contributed by atoms with van der Waals surface area (Å²) in [7, 11) is 4.74. The third-order valence-electron chi connectivity index (χ3n) is 4.79. The molecule has 30 heavy (non-hydrogen) atoms. The lowest BCUT2D eigenvalue weighted by Crippen LogP contribution is -2.04. The van der Waals surface area contributed by atoms with E-state index in [0.717, 1.165) is 29.7 Å². The molecule has 154 valence electrons. The molecule has 4 aromatic rings. The molecule has 0 unspecified atom stereocenters. The fourth-order valence-corrected chi connectivity index (χ4v) is 3.29. The maximum atomic E-state index is 5.41. The molecule has 1 aromatic carbocycles. The van der Waals surface area contributed by atoms with Crippen molar-refractivity contribution in [2.75, 3.05) is 26.6 Å². The number of pyridine rings is 1. The van der Waals surface area contributed by atoms with Crippen LogP contribution in [-0.4, -0.2) is 40.8 Å². The van der Waals surface area contributed by atoms with E-state index in [-0.39, 0.29) is 0 Å². The van der Waals surface area contributed by atoms with E-state index in [2.05, 4.69) is 25.9 Å². The second-order valence-corrected chi connectivity index (χ2v) is 6.63. The molecule has 0 amide bonds. The van der Waals surface area contributed by atoms with E-state index in [1.54, 1.807) is 27.5 Å². The van der Waals surface area contributed by atoms with Gasteiger partial charge >= 0.3 is 0 Å². The first-order valence-electron chi connectivity index (χ1n) is 9.49. The largest absolute Gasteiger partial charge is 0.493 e. The highest BCUT2D eigenvalue weighted by molar-refractivity contribution is 5.77. The summed E-state index contributed by atoms with van der Waals surface area (Å²) < 4.78 is 18.3. The molecule has 0 aliphatic carbocycles. The summed E-state index contributed by atoms with van der Waals surface area (Å²) in [4.78, 5) is 13.3. The van der Waals surface area contributed by atoms with Gasteiger partial charge in [-0.15, -0.1) is 0 Å². The molecule has 4 rings (SSSR count). The molecule has 0 bridgehead atoms. The molecule has 8 heteroatoms. The average molecular weight is 405 g/mol. The van der Waals surface area contributed by atoms with Gasteiger partial charge in [-0.1, -0.05) is 6.07 Å². The maximum absolute atomic E-state index is 5.41. The van der Waals surface area contributed by atoms with Gasteiger partial charge in [-0.2, -0.15) is 4.98 Å². The van der Waals surface area contributed by atoms with Crippen molar-refractivity contribution in [2.45, 2.75) is 13.0 Å². The molecule has 8 nitrogen and oxygen atoms in total. The van der Waals surface area contributed by atoms with Gasteiger partial charge in [-0.3, -0.25) is 4.98 Å². The number of fused-ring (bicyclic) bond motifs is 1. The Morgan fingerprint density at radius 2 is 1.80 bits per heavy atom. The Labute approximate surface area is 174 Å². The highest BCUT2D eigenvalue weighted by Crippen LogP contribution is 2.40. The first-order valence-corrected chi connectivity index (χ1v) is 9.49. The van der Waals surface area contributed by atoms with Crippen LogP contribution in [0.25, 0.3) is 11.0 Å². The zero-order valence-corrected chi connectivity index (χ0v) is 17.1. The Balaban J connectivity index is 1.59. The van der Waals surface area contributed by atoms with Crippen molar-refractivity contribution in [3.05, 3.63) is 60.7 Å². The highest BCUT2D eigenvalue weighted by atomic mass is 16.5. The van der Waals surface area contributed by atoms with Crippen molar-refractivity contribution in [1.82, 2.24) is 19.5 Å². The fraction of sp³-hybridized carbons (Fsp3) is 0.227. The van der Waals surface area contributed by atoms with Crippen LogP contribution in [0.2, 0.25) is 0 Å². The Hall–Kier alpha value is -3.81. The number of hydrogen-bond acceptors (Lipinski definition) is 7. The first kappa shape index (κ1) is 19.5. The van der Waals surface area contributed by atoms with Crippen molar-refractivity contribution >= 4 is 22.7 Å². The molecule has 0 spiro atoms. The maximum Gasteiger partial charge on any atom is 0.229 e. The van der Waals surface area contributed by atoms with E-state index in [4.69, 9.17) is 19.2 Å². The predicted octanol–water partition coefficient (Wildman–Crippen LogP) is 3.84. The molecule has 0 saturated heterocycles. The van der Waals surface area contributed by atoms with Gasteiger partial charge in [0.05, 0.1) is 21.3 Å². The van der Waals surface area contributed by atoms with Gasteiger partial charge in [0, 0.05) is 54.5 Å². The van der Waals surface area contributed by atoms with E-state index in [1.807, 2.05) is 42.9 Å². The van der Waals surface area contributed by atoms with E-state index < -0.39 is 0 Å². The van der Waals surface area contributed by atoms with E-state index in [9.17, 15) is 0 Å². The lowest BCUT2D eigenvalue weighted by molar-refractivity contribution is 0.324. The Bertz CT molecular complexity index is 1120. The van der Waals surface area contributed by atoms with Gasteiger partial charge in [0.15, 0.2) is 11.5 Å². The molecule has 1 N–H and O–H groups in total. The van der Waals surface area contributed by atoms with Crippen LogP contribution in [0.5, 0.6) is 17.2 Å². The van der Waals surface area contributed by atoms with Gasteiger partial charge < -0.3 is 24.1 Å². The van der Waals surface area contributed by atoms with Crippen molar-refractivity contribution < 1.29 is 14.2 Å². The molecular formula is C22H23N5O3. The normalized spacial score (nSPS) is 10.8. The zero-order chi connectivity index (χ0) is 20.9. The van der Waals surface area contributed by atoms with Gasteiger partial charge in [0.25, 0.3) is 0 Å². The predicted molar refractivity (Wildman–Crippen MR) is 115 cm³/mol. The van der Waals surface area contributed by atoms with Crippen molar-refractivity contribution in [3.8, 4) is 17.2 Å². The third-order valence-corrected chi connectivity index (χ3v) is 4.79. The summed E-state index contributed by atoms with van der Waals surface area (Å²) >= 11 is 0. The highest BCUT2D eigenvalue weighted by Gasteiger charge is 2.14. The molecule has 0 fully saturated rings. The average Bonchev–Trinajstić information content (AvgIpc) is 3.19. The van der Waals surface area contributed by atoms with E-state index >= 15 is 0 Å². The number of aromatic nitrogens is 4. The molecule has 0 saturated carbocycles. The Morgan fingerprint density at radius 3 is 2.47 bits per heavy atom. The van der Waals surface area contributed by atoms with Gasteiger partial charge in [0.1, 0.15) is 5.65 Å². The minimum Gasteiger partial charge on any atom is -0.493 e. The zero-order valence-electron chi connectivity index (χ0n) is 17.1. The topological polar surface area (TPSA) is 83.3 Å². The smallest absolute Gasteiger partial charge is 0.229 e. The summed E-state index contributed by atoms with van der Waals surface area (Å²) in [6, 6.07) is 9.67. The van der Waals surface area contributed by atoms with Crippen LogP contribution in [0.4, 0.5) is 11.6 Å². The standard InChI is InChI=1S/C22H23N5O3/c1-28-18-11-17(12-19(29-2)20(18)30-3)25-22-24-14-16-7-10-27(21(16)26-22)9-6-15-5-4-8-23-13-15/h4-5,7-8,10-14H,6,9H2,1-3H3,(H,24,25,26). The molecule has 0 atom stereocenters. The molecule has 3 heterocycles. The van der Waals surface area contributed by atoms with E-state index in [0.29, 0.717) is 23.2 Å². The number of nitrogens with zero attached hydrogens (tertiary/aromatic N) is 4. The van der Waals surface area contributed by atoms with Gasteiger partial charge in [-0.05, 0) is 24.1 Å². The fourth-order valence-electron chi connectivity index (χ4n) is 3.29. The van der Waals surface area contributed by atoms with E-state index in [1.165, 1.54) is 5.56 Å². The molecular weight excluding hydrogens is 382 g/mol. The van der Waals surface area contributed by atoms with Gasteiger partial charge in [-0.25, -0.2) is 4.98 Å². The molecule has 3 aromatic heterocycles. The third kappa shape index (κ3) is 3.98. The number of aryl methyl sites for hydroxylation is 2. The molecule has 0 radical (unpaired) electrons. The number of ether oxygens (including phenoxy) is 3. The Kier molecular flexibility index (Phi) is 5.65. The molecule has 0 aliphatic rings. The minimum atomic E-state index is 0.484. The number of rotatable bonds is 8. The molecule has 0 aliphatic heterocycles. The second kappa shape index (κ2) is 8.69. The number of nitrogens with one attached hydrogen (secondary N) is 1. The van der Waals surface area contributed by atoms with Crippen molar-refractivity contribution in [2.24, 2.45) is 0 Å². The van der Waals surface area contributed by atoms with Gasteiger partial charge in [0.2, 0.25) is 11.7 Å². The Morgan fingerprint density at radius 1 is 1.00 bits per heavy atom. The van der Waals surface area contributed by atoms with Crippen LogP contribution < -0.4 is 19.5 Å². The van der Waals surface area contributed by atoms with Crippen LogP contribution in [-0.2, 0) is 13.0 Å². The number of anilines is 2. The number of benzene rings is 1. The van der Waals surface area contributed by atoms with Crippen molar-refractivity contribution in [1.29, 1.82) is 0 Å². The summed E-state index contributed by atoms with van der Waals surface area (Å²) in [6.07, 6.45) is 8.38. The lowest BCUT2D eigenvalue weighted by Gasteiger charge is -2.14. The SMILES string of the molecule is COc1cc(Nc2ncc3ccn(CCc4cccnc4)c3n2)cc(OC)c1OC. The van der Waals surface area contributed by atoms with Crippen LogP contribution in [0.1, 0.15) is 5.56 Å². The lowest BCUT2D eigenvalue weighted by atomic mass is 10.2. The van der Waals surface area contributed by atoms with Crippen LogP contribution in [0.3, 0.4) is 0 Å². The van der Waals surface area contributed by atoms with Crippen LogP contribution >= 0.6 is 0 Å². The summed E-state index contributed by atoms with van der Waals surface area (Å²) in [5, 5.41) is 4.21. The quantitative estimate of drug-likeness (QED) is 0.477. The summed E-state index contributed by atoms with van der Waals surface area (Å²) in [5.74, 6) is 2.13. The summed E-state index contributed by atoms with van der Waals surface area (Å²) in [6.45, 7) is 0.801. The number of methoxy groups -OCH3 is 3.